The number of phenolic OH excluding ortho intramolecular Hbond substituents is 1. The third-order valence-electron chi connectivity index (χ3n) is 1.54. The number of methoxy groups -OCH3 is 1. The van der Waals surface area contributed by atoms with Crippen LogP contribution in [0.2, 0.25) is 0 Å². The van der Waals surface area contributed by atoms with Crippen molar-refractivity contribution in [2.75, 3.05) is 7.11 Å². The quantitative estimate of drug-likeness (QED) is 0.863. The van der Waals surface area contributed by atoms with Gasteiger partial charge >= 0.3 is 0 Å². The number of nitrogens with two attached hydrogens (primary N) is 1. The molecule has 1 rings (SSSR count). The van der Waals surface area contributed by atoms with Crippen molar-refractivity contribution in [3.8, 4) is 11.5 Å². The van der Waals surface area contributed by atoms with Crippen LogP contribution < -0.4 is 10.5 Å². The number of benzene rings is 1. The summed E-state index contributed by atoms with van der Waals surface area (Å²) in [4.78, 5) is 0. The smallest absolute Gasteiger partial charge is 0.172 e. The number of ether oxygens (including phenoxy) is 1. The lowest BCUT2D eigenvalue weighted by molar-refractivity contribution is 0.371. The van der Waals surface area contributed by atoms with Crippen LogP contribution in [0.25, 0.3) is 0 Å². The van der Waals surface area contributed by atoms with E-state index in [9.17, 15) is 5.11 Å². The molecule has 0 amide bonds. The molecular formula is C8H11BrClNO2. The Bertz CT molecular complexity index is 294. The minimum Gasteiger partial charge on any atom is -0.503 e. The summed E-state index contributed by atoms with van der Waals surface area (Å²) < 4.78 is 5.53. The molecule has 3 N–H and O–H groups in total. The molecule has 5 heteroatoms. The van der Waals surface area contributed by atoms with Crippen molar-refractivity contribution in [3.05, 3.63) is 22.2 Å². The molecule has 0 saturated carbocycles. The second-order valence-electron chi connectivity index (χ2n) is 2.33. The van der Waals surface area contributed by atoms with Gasteiger partial charge in [-0.3, -0.25) is 0 Å². The molecule has 0 heterocycles. The summed E-state index contributed by atoms with van der Waals surface area (Å²) in [7, 11) is 1.50. The summed E-state index contributed by atoms with van der Waals surface area (Å²) in [6.45, 7) is 0.426. The molecule has 0 aliphatic carbocycles. The Morgan fingerprint density at radius 3 is 2.62 bits per heavy atom. The maximum absolute atomic E-state index is 9.40. The highest BCUT2D eigenvalue weighted by Gasteiger charge is 2.06. The number of phenols is 1. The van der Waals surface area contributed by atoms with Crippen molar-refractivity contribution in [1.29, 1.82) is 0 Å². The monoisotopic (exact) mass is 267 g/mol. The molecule has 1 aromatic carbocycles. The lowest BCUT2D eigenvalue weighted by Crippen LogP contribution is -1.97. The predicted octanol–water partition coefficient (Wildman–Crippen LogP) is 2.04. The maximum atomic E-state index is 9.40. The van der Waals surface area contributed by atoms with Crippen LogP contribution in [-0.2, 0) is 6.54 Å². The Morgan fingerprint density at radius 2 is 2.15 bits per heavy atom. The standard InChI is InChI=1S/C8H10BrNO2.ClH/c1-12-7-3-5(4-10)2-6(9)8(7)11;/h2-3,11H,4,10H2,1H3;1H. The van der Waals surface area contributed by atoms with E-state index in [-0.39, 0.29) is 18.2 Å². The van der Waals surface area contributed by atoms with Crippen LogP contribution in [0.1, 0.15) is 5.56 Å². The number of hydrogen-bond donors (Lipinski definition) is 2. The van der Waals surface area contributed by atoms with Crippen LogP contribution in [0, 0.1) is 0 Å². The largest absolute Gasteiger partial charge is 0.503 e. The lowest BCUT2D eigenvalue weighted by Gasteiger charge is -2.06. The first-order valence-corrected chi connectivity index (χ1v) is 4.23. The van der Waals surface area contributed by atoms with E-state index >= 15 is 0 Å². The first-order valence-electron chi connectivity index (χ1n) is 3.44. The van der Waals surface area contributed by atoms with Crippen LogP contribution in [0.15, 0.2) is 16.6 Å². The SMILES string of the molecule is COc1cc(CN)cc(Br)c1O.Cl. The van der Waals surface area contributed by atoms with Crippen LogP contribution in [0.3, 0.4) is 0 Å². The van der Waals surface area contributed by atoms with E-state index in [1.165, 1.54) is 7.11 Å². The molecule has 0 atom stereocenters. The molecule has 74 valence electrons. The first kappa shape index (κ1) is 12.5. The fourth-order valence-electron chi connectivity index (χ4n) is 0.901. The van der Waals surface area contributed by atoms with Gasteiger partial charge in [0.15, 0.2) is 11.5 Å². The van der Waals surface area contributed by atoms with Gasteiger partial charge in [0.25, 0.3) is 0 Å². The normalized spacial score (nSPS) is 9.15. The predicted molar refractivity (Wildman–Crippen MR) is 57.5 cm³/mol. The summed E-state index contributed by atoms with van der Waals surface area (Å²) in [6, 6.07) is 3.47. The Hall–Kier alpha value is -0.450. The van der Waals surface area contributed by atoms with Gasteiger partial charge in [0.1, 0.15) is 0 Å². The van der Waals surface area contributed by atoms with Gasteiger partial charge in [-0.2, -0.15) is 0 Å². The number of halogens is 2. The van der Waals surface area contributed by atoms with E-state index in [0.717, 1.165) is 5.56 Å². The minimum absolute atomic E-state index is 0. The summed E-state index contributed by atoms with van der Waals surface area (Å²) in [5.74, 6) is 0.541. The van der Waals surface area contributed by atoms with E-state index in [4.69, 9.17) is 10.5 Å². The van der Waals surface area contributed by atoms with Gasteiger partial charge in [0, 0.05) is 6.54 Å². The molecule has 0 spiro atoms. The molecule has 13 heavy (non-hydrogen) atoms. The Morgan fingerprint density at radius 1 is 1.54 bits per heavy atom. The fraction of sp³-hybridized carbons (Fsp3) is 0.250. The van der Waals surface area contributed by atoms with E-state index < -0.39 is 0 Å². The van der Waals surface area contributed by atoms with Gasteiger partial charge in [0.2, 0.25) is 0 Å². The number of hydrogen-bond acceptors (Lipinski definition) is 3. The average molecular weight is 269 g/mol. The molecule has 0 aliphatic rings. The molecule has 0 fully saturated rings. The maximum Gasteiger partial charge on any atom is 0.172 e. The van der Waals surface area contributed by atoms with E-state index in [1.807, 2.05) is 0 Å². The highest BCUT2D eigenvalue weighted by atomic mass is 79.9. The van der Waals surface area contributed by atoms with Gasteiger partial charge in [-0.05, 0) is 33.6 Å². The van der Waals surface area contributed by atoms with Crippen LogP contribution in [-0.4, -0.2) is 12.2 Å². The van der Waals surface area contributed by atoms with Crippen LogP contribution in [0.5, 0.6) is 11.5 Å². The van der Waals surface area contributed by atoms with Gasteiger partial charge in [-0.25, -0.2) is 0 Å². The number of aromatic hydroxyl groups is 1. The Kier molecular flexibility index (Phi) is 5.13. The van der Waals surface area contributed by atoms with Gasteiger partial charge in [-0.1, -0.05) is 0 Å². The molecule has 1 aromatic rings. The number of rotatable bonds is 2. The highest BCUT2D eigenvalue weighted by Crippen LogP contribution is 2.34. The van der Waals surface area contributed by atoms with Crippen LogP contribution in [0.4, 0.5) is 0 Å². The molecule has 0 unspecified atom stereocenters. The molecule has 3 nitrogen and oxygen atoms in total. The summed E-state index contributed by atoms with van der Waals surface area (Å²) in [6.07, 6.45) is 0. The van der Waals surface area contributed by atoms with Crippen LogP contribution >= 0.6 is 28.3 Å². The van der Waals surface area contributed by atoms with Crippen molar-refractivity contribution in [3.63, 3.8) is 0 Å². The van der Waals surface area contributed by atoms with E-state index in [0.29, 0.717) is 16.8 Å². The van der Waals surface area contributed by atoms with Crippen molar-refractivity contribution in [1.82, 2.24) is 0 Å². The Balaban J connectivity index is 0.00000144. The van der Waals surface area contributed by atoms with Gasteiger partial charge < -0.3 is 15.6 Å². The summed E-state index contributed by atoms with van der Waals surface area (Å²) in [5, 5.41) is 9.40. The second-order valence-corrected chi connectivity index (χ2v) is 3.19. The summed E-state index contributed by atoms with van der Waals surface area (Å²) in [5.41, 5.74) is 6.35. The topological polar surface area (TPSA) is 55.5 Å². The molecule has 0 aliphatic heterocycles. The fourth-order valence-corrected chi connectivity index (χ4v) is 1.39. The van der Waals surface area contributed by atoms with Gasteiger partial charge in [0.05, 0.1) is 11.6 Å². The van der Waals surface area contributed by atoms with Crippen molar-refractivity contribution in [2.45, 2.75) is 6.54 Å². The first-order chi connectivity index (χ1) is 5.69. The average Bonchev–Trinajstić information content (AvgIpc) is 2.09. The molecule has 0 bridgehead atoms. The third kappa shape index (κ3) is 2.76. The third-order valence-corrected chi connectivity index (χ3v) is 2.15. The molecule has 0 saturated heterocycles. The van der Waals surface area contributed by atoms with Crippen molar-refractivity contribution in [2.24, 2.45) is 5.73 Å². The zero-order chi connectivity index (χ0) is 9.14. The molecular weight excluding hydrogens is 257 g/mol. The zero-order valence-electron chi connectivity index (χ0n) is 7.08. The molecule has 0 aromatic heterocycles. The summed E-state index contributed by atoms with van der Waals surface area (Å²) >= 11 is 3.19. The second kappa shape index (κ2) is 5.32. The van der Waals surface area contributed by atoms with Gasteiger partial charge in [-0.15, -0.1) is 12.4 Å². The Labute approximate surface area is 91.4 Å². The van der Waals surface area contributed by atoms with Crippen molar-refractivity contribution >= 4 is 28.3 Å². The minimum atomic E-state index is 0. The lowest BCUT2D eigenvalue weighted by atomic mass is 10.2. The van der Waals surface area contributed by atoms with E-state index in [1.54, 1.807) is 12.1 Å². The zero-order valence-corrected chi connectivity index (χ0v) is 9.48. The highest BCUT2D eigenvalue weighted by molar-refractivity contribution is 9.10. The van der Waals surface area contributed by atoms with E-state index in [2.05, 4.69) is 15.9 Å². The molecule has 0 radical (unpaired) electrons. The van der Waals surface area contributed by atoms with Crippen molar-refractivity contribution < 1.29 is 9.84 Å².